The molecule has 0 bridgehead atoms. The molecule has 1 aromatic heterocycles. The van der Waals surface area contributed by atoms with Crippen molar-refractivity contribution in [3.05, 3.63) is 53.3 Å². The van der Waals surface area contributed by atoms with Crippen LogP contribution < -0.4 is 9.47 Å². The smallest absolute Gasteiger partial charge is 0.353 e. The lowest BCUT2D eigenvalue weighted by Gasteiger charge is -2.28. The summed E-state index contributed by atoms with van der Waals surface area (Å²) in [6.07, 6.45) is 19.7. The number of aromatic nitrogens is 2. The quantitative estimate of drug-likeness (QED) is 0.271. The first-order valence-electron chi connectivity index (χ1n) is 12.3. The lowest BCUT2D eigenvalue weighted by molar-refractivity contribution is -0.685. The molecule has 0 unspecified atom stereocenters. The first kappa shape index (κ1) is 24.0. The highest BCUT2D eigenvalue weighted by Gasteiger charge is 2.51. The highest BCUT2D eigenvalue weighted by molar-refractivity contribution is 6.30. The second kappa shape index (κ2) is 12.4. The van der Waals surface area contributed by atoms with Gasteiger partial charge in [-0.1, -0.05) is 106 Å². The van der Waals surface area contributed by atoms with Gasteiger partial charge in [0.1, 0.15) is 12.7 Å². The molecule has 31 heavy (non-hydrogen) atoms. The van der Waals surface area contributed by atoms with Crippen molar-refractivity contribution in [3.63, 3.8) is 0 Å². The summed E-state index contributed by atoms with van der Waals surface area (Å²) in [6, 6.07) is 9.45. The minimum Gasteiger partial charge on any atom is -0.353 e. The number of anilines is 1. The molecule has 5 heteroatoms. The standard InChI is InChI=1S/C26H39ClN3O/c1-2-3-4-5-6-7-8-9-10-11-12-13-21-30-25-28-19-14-20-29(25)22-26(30,31)23-15-17-24(27)18-16-23/h14-20,31H,2-13,21-22H2,1H3/q+1/t26-/m1/s1. The Kier molecular flexibility index (Phi) is 9.60. The van der Waals surface area contributed by atoms with Gasteiger partial charge in [0.15, 0.2) is 0 Å². The van der Waals surface area contributed by atoms with Gasteiger partial charge in [-0.15, -0.1) is 0 Å². The summed E-state index contributed by atoms with van der Waals surface area (Å²) >= 11 is 6.07. The van der Waals surface area contributed by atoms with Crippen molar-refractivity contribution < 1.29 is 9.67 Å². The predicted molar refractivity (Wildman–Crippen MR) is 128 cm³/mol. The highest BCUT2D eigenvalue weighted by Crippen LogP contribution is 2.34. The van der Waals surface area contributed by atoms with Gasteiger partial charge in [0, 0.05) is 16.7 Å². The highest BCUT2D eigenvalue weighted by atomic mass is 35.5. The number of rotatable bonds is 14. The normalized spacial score (nSPS) is 17.8. The molecule has 1 aliphatic rings. The second-order valence-corrected chi connectivity index (χ2v) is 9.35. The Labute approximate surface area is 193 Å². The van der Waals surface area contributed by atoms with Gasteiger partial charge >= 0.3 is 5.95 Å². The number of halogens is 1. The summed E-state index contributed by atoms with van der Waals surface area (Å²) < 4.78 is 2.04. The Bertz CT molecular complexity index is 782. The molecule has 0 aliphatic carbocycles. The van der Waals surface area contributed by atoms with Crippen LogP contribution in [0.1, 0.15) is 89.5 Å². The number of aliphatic hydroxyl groups is 1. The van der Waals surface area contributed by atoms with Crippen LogP contribution in [0.3, 0.4) is 0 Å². The fourth-order valence-corrected chi connectivity index (χ4v) is 4.72. The largest absolute Gasteiger partial charge is 0.396 e. The fourth-order valence-electron chi connectivity index (χ4n) is 4.59. The Morgan fingerprint density at radius 3 is 2.13 bits per heavy atom. The molecule has 1 N–H and O–H groups in total. The van der Waals surface area contributed by atoms with Crippen molar-refractivity contribution in [1.82, 2.24) is 4.98 Å². The molecule has 2 heterocycles. The molecular formula is C26H39ClN3O+. The first-order chi connectivity index (χ1) is 15.1. The summed E-state index contributed by atoms with van der Waals surface area (Å²) in [5, 5.41) is 12.3. The topological polar surface area (TPSA) is 40.2 Å². The molecule has 1 aromatic carbocycles. The van der Waals surface area contributed by atoms with Gasteiger partial charge in [-0.05, 0) is 18.6 Å². The molecule has 1 atom stereocenters. The number of unbranched alkanes of at least 4 members (excludes halogenated alkanes) is 11. The van der Waals surface area contributed by atoms with E-state index in [4.69, 9.17) is 11.6 Å². The van der Waals surface area contributed by atoms with Gasteiger partial charge in [0.25, 0.3) is 0 Å². The van der Waals surface area contributed by atoms with Crippen molar-refractivity contribution in [3.8, 4) is 0 Å². The molecular weight excluding hydrogens is 406 g/mol. The van der Waals surface area contributed by atoms with Crippen molar-refractivity contribution in [1.29, 1.82) is 0 Å². The van der Waals surface area contributed by atoms with Crippen molar-refractivity contribution >= 4 is 17.5 Å². The van der Waals surface area contributed by atoms with E-state index in [-0.39, 0.29) is 0 Å². The van der Waals surface area contributed by atoms with E-state index < -0.39 is 5.72 Å². The summed E-state index contributed by atoms with van der Waals surface area (Å²) in [5.41, 5.74) is -0.217. The van der Waals surface area contributed by atoms with E-state index in [1.54, 1.807) is 6.20 Å². The van der Waals surface area contributed by atoms with Crippen LogP contribution in [-0.4, -0.2) is 16.6 Å². The molecule has 0 saturated heterocycles. The molecule has 0 saturated carbocycles. The zero-order chi connectivity index (χ0) is 21.9. The zero-order valence-corrected chi connectivity index (χ0v) is 19.9. The molecule has 3 rings (SSSR count). The monoisotopic (exact) mass is 444 g/mol. The summed E-state index contributed by atoms with van der Waals surface area (Å²) in [7, 11) is 0. The Hall–Kier alpha value is -1.65. The number of fused-ring (bicyclic) bond motifs is 1. The minimum absolute atomic E-state index is 0.482. The third-order valence-electron chi connectivity index (χ3n) is 6.42. The van der Waals surface area contributed by atoms with E-state index in [1.165, 1.54) is 70.6 Å². The Morgan fingerprint density at radius 1 is 0.935 bits per heavy atom. The van der Waals surface area contributed by atoms with Gasteiger partial charge < -0.3 is 5.11 Å². The molecule has 4 nitrogen and oxygen atoms in total. The fraction of sp³-hybridized carbons (Fsp3) is 0.615. The Morgan fingerprint density at radius 2 is 1.52 bits per heavy atom. The summed E-state index contributed by atoms with van der Waals surface area (Å²) in [6.45, 7) is 3.56. The molecule has 0 radical (unpaired) electrons. The van der Waals surface area contributed by atoms with E-state index in [1.807, 2.05) is 41.1 Å². The predicted octanol–water partition coefficient (Wildman–Crippen LogP) is 6.39. The number of hydrogen-bond acceptors (Lipinski definition) is 3. The average molecular weight is 445 g/mol. The van der Waals surface area contributed by atoms with Crippen LogP contribution in [0.2, 0.25) is 5.02 Å². The van der Waals surface area contributed by atoms with Crippen LogP contribution in [0, 0.1) is 0 Å². The van der Waals surface area contributed by atoms with Crippen LogP contribution in [0.15, 0.2) is 42.7 Å². The van der Waals surface area contributed by atoms with Crippen molar-refractivity contribution in [2.45, 2.75) is 96.2 Å². The maximum Gasteiger partial charge on any atom is 0.396 e. The minimum atomic E-state index is -1.08. The van der Waals surface area contributed by atoms with E-state index in [0.717, 1.165) is 24.5 Å². The first-order valence-corrected chi connectivity index (χ1v) is 12.6. The van der Waals surface area contributed by atoms with Crippen LogP contribution in [0.4, 0.5) is 5.95 Å². The molecule has 0 amide bonds. The average Bonchev–Trinajstić information content (AvgIpc) is 3.07. The lowest BCUT2D eigenvalue weighted by Crippen LogP contribution is -2.46. The molecule has 170 valence electrons. The maximum absolute atomic E-state index is 11.6. The van der Waals surface area contributed by atoms with E-state index in [0.29, 0.717) is 11.6 Å². The van der Waals surface area contributed by atoms with Crippen molar-refractivity contribution in [2.24, 2.45) is 0 Å². The third kappa shape index (κ3) is 6.66. The maximum atomic E-state index is 11.6. The summed E-state index contributed by atoms with van der Waals surface area (Å²) in [5.74, 6) is 0.836. The zero-order valence-electron chi connectivity index (χ0n) is 19.1. The number of benzene rings is 1. The molecule has 1 aliphatic heterocycles. The lowest BCUT2D eigenvalue weighted by atomic mass is 10.0. The van der Waals surface area contributed by atoms with E-state index >= 15 is 0 Å². The molecule has 0 spiro atoms. The SMILES string of the molecule is CCCCCCCCCCCCCCN1c2nccc[n+]2C[C@@]1(O)c1ccc(Cl)cc1. The van der Waals surface area contributed by atoms with Crippen LogP contribution in [0.5, 0.6) is 0 Å². The van der Waals surface area contributed by atoms with Gasteiger partial charge in [-0.25, -0.2) is 9.47 Å². The number of hydrogen-bond donors (Lipinski definition) is 1. The van der Waals surface area contributed by atoms with Gasteiger partial charge in [0.2, 0.25) is 5.72 Å². The summed E-state index contributed by atoms with van der Waals surface area (Å²) in [4.78, 5) is 6.62. The van der Waals surface area contributed by atoms with Crippen LogP contribution in [0.25, 0.3) is 0 Å². The van der Waals surface area contributed by atoms with Crippen LogP contribution in [-0.2, 0) is 12.3 Å². The third-order valence-corrected chi connectivity index (χ3v) is 6.67. The molecule has 0 fully saturated rings. The van der Waals surface area contributed by atoms with Crippen molar-refractivity contribution in [2.75, 3.05) is 11.4 Å². The Balaban J connectivity index is 1.43. The second-order valence-electron chi connectivity index (χ2n) is 8.91. The van der Waals surface area contributed by atoms with Gasteiger partial charge in [-0.3, -0.25) is 0 Å². The van der Waals surface area contributed by atoms with Gasteiger partial charge in [0.05, 0.1) is 12.7 Å². The number of nitrogens with zero attached hydrogens (tertiary/aromatic N) is 3. The van der Waals surface area contributed by atoms with Gasteiger partial charge in [-0.2, -0.15) is 0 Å². The van der Waals surface area contributed by atoms with E-state index in [9.17, 15) is 5.11 Å². The van der Waals surface area contributed by atoms with Crippen LogP contribution >= 0.6 is 11.6 Å². The van der Waals surface area contributed by atoms with E-state index in [2.05, 4.69) is 16.8 Å². The molecule has 2 aromatic rings.